The largest absolute Gasteiger partial charge is 0.367 e. The molecule has 2 aliphatic rings. The molecule has 1 aliphatic carbocycles. The zero-order chi connectivity index (χ0) is 12.4. The van der Waals surface area contributed by atoms with Crippen molar-refractivity contribution in [3.05, 3.63) is 23.9 Å². The highest BCUT2D eigenvalue weighted by molar-refractivity contribution is 5.47. The minimum absolute atomic E-state index is 0.583. The van der Waals surface area contributed by atoms with Gasteiger partial charge in [-0.1, -0.05) is 13.0 Å². The van der Waals surface area contributed by atoms with Gasteiger partial charge in [0, 0.05) is 23.8 Å². The van der Waals surface area contributed by atoms with E-state index < -0.39 is 0 Å². The van der Waals surface area contributed by atoms with Crippen molar-refractivity contribution in [3.63, 3.8) is 0 Å². The Morgan fingerprint density at radius 2 is 2.28 bits per heavy atom. The van der Waals surface area contributed by atoms with Gasteiger partial charge in [0.2, 0.25) is 0 Å². The van der Waals surface area contributed by atoms with Crippen molar-refractivity contribution in [2.24, 2.45) is 0 Å². The normalized spacial score (nSPS) is 24.4. The monoisotopic (exact) mass is 245 g/mol. The van der Waals surface area contributed by atoms with Gasteiger partial charge in [-0.25, -0.2) is 4.98 Å². The number of nitrogens with zero attached hydrogens (tertiary/aromatic N) is 2. The molecule has 1 atom stereocenters. The van der Waals surface area contributed by atoms with Crippen LogP contribution >= 0.6 is 0 Å². The van der Waals surface area contributed by atoms with Crippen molar-refractivity contribution in [1.82, 2.24) is 9.88 Å². The maximum atomic E-state index is 4.56. The summed E-state index contributed by atoms with van der Waals surface area (Å²) in [6.07, 6.45) is 8.36. The van der Waals surface area contributed by atoms with Crippen molar-refractivity contribution in [2.45, 2.75) is 51.1 Å². The topological polar surface area (TPSA) is 28.2 Å². The van der Waals surface area contributed by atoms with Gasteiger partial charge in [-0.2, -0.15) is 0 Å². The van der Waals surface area contributed by atoms with Crippen LogP contribution in [-0.4, -0.2) is 29.0 Å². The minimum atomic E-state index is 0.583. The van der Waals surface area contributed by atoms with E-state index in [2.05, 4.69) is 34.3 Å². The Morgan fingerprint density at radius 1 is 1.39 bits per heavy atom. The second kappa shape index (κ2) is 5.27. The fraction of sp³-hybridized carbons (Fsp3) is 0.667. The van der Waals surface area contributed by atoms with Crippen molar-refractivity contribution in [1.29, 1.82) is 0 Å². The Balaban J connectivity index is 1.80. The maximum Gasteiger partial charge on any atom is 0.130 e. The molecule has 0 amide bonds. The van der Waals surface area contributed by atoms with Crippen molar-refractivity contribution in [3.8, 4) is 0 Å². The SMILES string of the molecule is CCCN1CCC[C@H]1c1cccnc1NC1CC1. The van der Waals surface area contributed by atoms with Crippen molar-refractivity contribution < 1.29 is 0 Å². The third kappa shape index (κ3) is 2.51. The van der Waals surface area contributed by atoms with E-state index in [9.17, 15) is 0 Å². The standard InChI is InChI=1S/C15H23N3/c1-2-10-18-11-4-6-14(18)13-5-3-9-16-15(13)17-12-7-8-12/h3,5,9,12,14H,2,4,6-8,10-11H2,1H3,(H,16,17)/t14-/m0/s1. The highest BCUT2D eigenvalue weighted by atomic mass is 15.2. The Hall–Kier alpha value is -1.09. The lowest BCUT2D eigenvalue weighted by molar-refractivity contribution is 0.258. The van der Waals surface area contributed by atoms with Gasteiger partial charge in [0.15, 0.2) is 0 Å². The fourth-order valence-corrected chi connectivity index (χ4v) is 2.96. The molecule has 18 heavy (non-hydrogen) atoms. The molecule has 2 heterocycles. The molecule has 1 aromatic rings. The summed E-state index contributed by atoms with van der Waals surface area (Å²) < 4.78 is 0. The first kappa shape index (κ1) is 12.0. The van der Waals surface area contributed by atoms with Gasteiger partial charge < -0.3 is 5.32 Å². The third-order valence-corrected chi connectivity index (χ3v) is 3.99. The maximum absolute atomic E-state index is 4.56. The summed E-state index contributed by atoms with van der Waals surface area (Å²) in [6.45, 7) is 4.72. The summed E-state index contributed by atoms with van der Waals surface area (Å²) in [6, 6.07) is 5.60. The third-order valence-electron chi connectivity index (χ3n) is 3.99. The number of pyridine rings is 1. The van der Waals surface area contributed by atoms with Crippen LogP contribution in [0.25, 0.3) is 0 Å². The van der Waals surface area contributed by atoms with Crippen molar-refractivity contribution >= 4 is 5.82 Å². The summed E-state index contributed by atoms with van der Waals surface area (Å²) in [5.74, 6) is 1.13. The molecule has 0 radical (unpaired) electrons. The highest BCUT2D eigenvalue weighted by Gasteiger charge is 2.29. The van der Waals surface area contributed by atoms with Crippen LogP contribution in [0.15, 0.2) is 18.3 Å². The molecule has 1 N–H and O–H groups in total. The fourth-order valence-electron chi connectivity index (χ4n) is 2.96. The molecular weight excluding hydrogens is 222 g/mol. The first-order valence-corrected chi connectivity index (χ1v) is 7.34. The van der Waals surface area contributed by atoms with Gasteiger partial charge >= 0.3 is 0 Å². The molecule has 1 saturated heterocycles. The van der Waals surface area contributed by atoms with Crippen LogP contribution in [0.4, 0.5) is 5.82 Å². The van der Waals surface area contributed by atoms with E-state index in [1.54, 1.807) is 0 Å². The van der Waals surface area contributed by atoms with Gasteiger partial charge in [0.1, 0.15) is 5.82 Å². The summed E-state index contributed by atoms with van der Waals surface area (Å²) in [4.78, 5) is 7.18. The zero-order valence-electron chi connectivity index (χ0n) is 11.2. The lowest BCUT2D eigenvalue weighted by atomic mass is 10.1. The van der Waals surface area contributed by atoms with E-state index in [1.807, 2.05) is 6.20 Å². The molecular formula is C15H23N3. The molecule has 3 heteroatoms. The van der Waals surface area contributed by atoms with Gasteiger partial charge in [-0.05, 0) is 51.3 Å². The molecule has 1 aliphatic heterocycles. The molecule has 1 aromatic heterocycles. The van der Waals surface area contributed by atoms with E-state index in [-0.39, 0.29) is 0 Å². The molecule has 1 saturated carbocycles. The number of anilines is 1. The van der Waals surface area contributed by atoms with E-state index in [1.165, 1.54) is 50.8 Å². The molecule has 3 nitrogen and oxygen atoms in total. The van der Waals surface area contributed by atoms with E-state index in [4.69, 9.17) is 0 Å². The van der Waals surface area contributed by atoms with E-state index in [0.29, 0.717) is 12.1 Å². The summed E-state index contributed by atoms with van der Waals surface area (Å²) in [7, 11) is 0. The van der Waals surface area contributed by atoms with E-state index in [0.717, 1.165) is 5.82 Å². The molecule has 0 spiro atoms. The number of hydrogen-bond donors (Lipinski definition) is 1. The highest BCUT2D eigenvalue weighted by Crippen LogP contribution is 2.36. The van der Waals surface area contributed by atoms with Gasteiger partial charge in [0.05, 0.1) is 0 Å². The lowest BCUT2D eigenvalue weighted by Crippen LogP contribution is -2.25. The van der Waals surface area contributed by atoms with Crippen LogP contribution in [0.5, 0.6) is 0 Å². The average Bonchev–Trinajstić information content (AvgIpc) is 3.08. The smallest absolute Gasteiger partial charge is 0.130 e. The Bertz CT molecular complexity index is 400. The molecule has 0 aromatic carbocycles. The van der Waals surface area contributed by atoms with E-state index >= 15 is 0 Å². The molecule has 0 bridgehead atoms. The number of nitrogens with one attached hydrogen (secondary N) is 1. The van der Waals surface area contributed by atoms with Crippen LogP contribution in [-0.2, 0) is 0 Å². The predicted molar refractivity (Wildman–Crippen MR) is 74.7 cm³/mol. The Labute approximate surface area is 110 Å². The molecule has 2 fully saturated rings. The van der Waals surface area contributed by atoms with Crippen molar-refractivity contribution in [2.75, 3.05) is 18.4 Å². The minimum Gasteiger partial charge on any atom is -0.367 e. The first-order chi connectivity index (χ1) is 8.88. The number of hydrogen-bond acceptors (Lipinski definition) is 3. The van der Waals surface area contributed by atoms with Gasteiger partial charge in [0.25, 0.3) is 0 Å². The van der Waals surface area contributed by atoms with Crippen LogP contribution in [0.2, 0.25) is 0 Å². The lowest BCUT2D eigenvalue weighted by Gasteiger charge is -2.25. The number of likely N-dealkylation sites (tertiary alicyclic amines) is 1. The van der Waals surface area contributed by atoms with Gasteiger partial charge in [-0.3, -0.25) is 4.90 Å². The molecule has 3 rings (SSSR count). The quantitative estimate of drug-likeness (QED) is 0.863. The molecule has 98 valence electrons. The number of aromatic nitrogens is 1. The second-order valence-corrected chi connectivity index (χ2v) is 5.55. The molecule has 0 unspecified atom stereocenters. The van der Waals surface area contributed by atoms with Crippen LogP contribution in [0.3, 0.4) is 0 Å². The Kier molecular flexibility index (Phi) is 3.50. The average molecular weight is 245 g/mol. The summed E-state index contributed by atoms with van der Waals surface area (Å²) in [5, 5.41) is 3.59. The summed E-state index contributed by atoms with van der Waals surface area (Å²) >= 11 is 0. The Morgan fingerprint density at radius 3 is 3.06 bits per heavy atom. The second-order valence-electron chi connectivity index (χ2n) is 5.55. The first-order valence-electron chi connectivity index (χ1n) is 7.34. The van der Waals surface area contributed by atoms with Crippen LogP contribution in [0, 0.1) is 0 Å². The predicted octanol–water partition coefficient (Wildman–Crippen LogP) is 3.20. The van der Waals surface area contributed by atoms with Crippen LogP contribution in [0.1, 0.15) is 50.6 Å². The zero-order valence-corrected chi connectivity index (χ0v) is 11.2. The number of rotatable bonds is 5. The van der Waals surface area contributed by atoms with Gasteiger partial charge in [-0.15, -0.1) is 0 Å². The van der Waals surface area contributed by atoms with Crippen LogP contribution < -0.4 is 5.32 Å². The summed E-state index contributed by atoms with van der Waals surface area (Å²) in [5.41, 5.74) is 1.41.